The molecular formula is C24H39ClO. The third-order valence-corrected chi connectivity index (χ3v) is 5.43. The molecule has 1 aromatic rings. The lowest BCUT2D eigenvalue weighted by Gasteiger charge is -2.04. The Balaban J connectivity index is 1.82. The van der Waals surface area contributed by atoms with Gasteiger partial charge >= 0.3 is 0 Å². The van der Waals surface area contributed by atoms with Crippen molar-refractivity contribution in [2.24, 2.45) is 0 Å². The molecule has 2 heteroatoms. The van der Waals surface area contributed by atoms with Crippen LogP contribution in [-0.2, 0) is 0 Å². The van der Waals surface area contributed by atoms with Crippen LogP contribution in [0.15, 0.2) is 24.3 Å². The second-order valence-corrected chi connectivity index (χ2v) is 8.07. The van der Waals surface area contributed by atoms with E-state index in [1.54, 1.807) is 12.1 Å². The van der Waals surface area contributed by atoms with E-state index in [1.807, 2.05) is 12.1 Å². The largest absolute Gasteiger partial charge is 0.294 e. The normalized spacial score (nSPS) is 11.0. The number of halogens is 1. The fraction of sp³-hybridized carbons (Fsp3) is 0.708. The van der Waals surface area contributed by atoms with Crippen LogP contribution in [-0.4, -0.2) is 5.78 Å². The zero-order valence-corrected chi connectivity index (χ0v) is 17.7. The molecule has 0 saturated heterocycles. The van der Waals surface area contributed by atoms with Gasteiger partial charge in [0.1, 0.15) is 0 Å². The second kappa shape index (κ2) is 16.4. The van der Waals surface area contributed by atoms with Crippen LogP contribution in [0.1, 0.15) is 120 Å². The van der Waals surface area contributed by atoms with Gasteiger partial charge in [-0.1, -0.05) is 108 Å². The van der Waals surface area contributed by atoms with Crippen molar-refractivity contribution in [3.8, 4) is 0 Å². The molecular weight excluding hydrogens is 340 g/mol. The molecule has 0 radical (unpaired) electrons. The van der Waals surface area contributed by atoms with Gasteiger partial charge in [-0.15, -0.1) is 0 Å². The van der Waals surface area contributed by atoms with Crippen molar-refractivity contribution in [2.45, 2.75) is 110 Å². The Kier molecular flexibility index (Phi) is 14.6. The standard InChI is InChI=1S/C24H39ClO/c1-2-3-4-5-6-7-8-9-10-11-12-13-14-15-16-17-24(26)22-18-20-23(25)21-19-22/h18-21H,2-17H2,1H3. The Morgan fingerprint density at radius 1 is 0.654 bits per heavy atom. The lowest BCUT2D eigenvalue weighted by atomic mass is 10.0. The van der Waals surface area contributed by atoms with Gasteiger partial charge in [0.15, 0.2) is 5.78 Å². The summed E-state index contributed by atoms with van der Waals surface area (Å²) in [5.74, 6) is 0.247. The molecule has 1 rings (SSSR count). The van der Waals surface area contributed by atoms with E-state index in [9.17, 15) is 4.79 Å². The summed E-state index contributed by atoms with van der Waals surface area (Å²) in [4.78, 5) is 12.0. The SMILES string of the molecule is CCCCCCCCCCCCCCCCCC(=O)c1ccc(Cl)cc1. The van der Waals surface area contributed by atoms with Crippen molar-refractivity contribution >= 4 is 17.4 Å². The number of ketones is 1. The smallest absolute Gasteiger partial charge is 0.162 e. The number of unbranched alkanes of at least 4 members (excludes halogenated alkanes) is 14. The molecule has 1 aromatic carbocycles. The van der Waals surface area contributed by atoms with Crippen LogP contribution in [0, 0.1) is 0 Å². The molecule has 0 aliphatic heterocycles. The molecule has 0 atom stereocenters. The van der Waals surface area contributed by atoms with E-state index in [1.165, 1.54) is 89.9 Å². The van der Waals surface area contributed by atoms with Crippen LogP contribution in [0.2, 0.25) is 5.02 Å². The minimum absolute atomic E-state index is 0.247. The van der Waals surface area contributed by atoms with Crippen molar-refractivity contribution < 1.29 is 4.79 Å². The molecule has 0 aliphatic rings. The van der Waals surface area contributed by atoms with E-state index in [2.05, 4.69) is 6.92 Å². The average molecular weight is 379 g/mol. The number of hydrogen-bond acceptors (Lipinski definition) is 1. The molecule has 0 aromatic heterocycles. The molecule has 0 N–H and O–H groups in total. The molecule has 0 fully saturated rings. The topological polar surface area (TPSA) is 17.1 Å². The molecule has 1 nitrogen and oxygen atoms in total. The maximum absolute atomic E-state index is 12.0. The number of carbonyl (C=O) groups excluding carboxylic acids is 1. The Morgan fingerprint density at radius 2 is 1.04 bits per heavy atom. The van der Waals surface area contributed by atoms with Gasteiger partial charge in [0, 0.05) is 17.0 Å². The van der Waals surface area contributed by atoms with E-state index in [4.69, 9.17) is 11.6 Å². The third-order valence-electron chi connectivity index (χ3n) is 5.17. The van der Waals surface area contributed by atoms with Crippen molar-refractivity contribution in [2.75, 3.05) is 0 Å². The highest BCUT2D eigenvalue weighted by Gasteiger charge is 2.05. The quantitative estimate of drug-likeness (QED) is 0.195. The van der Waals surface area contributed by atoms with Crippen LogP contribution in [0.3, 0.4) is 0 Å². The number of carbonyl (C=O) groups is 1. The monoisotopic (exact) mass is 378 g/mol. The molecule has 0 heterocycles. The summed E-state index contributed by atoms with van der Waals surface area (Å²) in [6.07, 6.45) is 21.0. The zero-order chi connectivity index (χ0) is 18.9. The Morgan fingerprint density at radius 3 is 1.46 bits per heavy atom. The van der Waals surface area contributed by atoms with E-state index in [0.29, 0.717) is 11.4 Å². The van der Waals surface area contributed by atoms with Gasteiger partial charge in [0.2, 0.25) is 0 Å². The van der Waals surface area contributed by atoms with E-state index in [-0.39, 0.29) is 5.78 Å². The lowest BCUT2D eigenvalue weighted by Crippen LogP contribution is -1.98. The van der Waals surface area contributed by atoms with E-state index < -0.39 is 0 Å². The van der Waals surface area contributed by atoms with Gasteiger partial charge in [-0.3, -0.25) is 4.79 Å². The molecule has 0 bridgehead atoms. The summed E-state index contributed by atoms with van der Waals surface area (Å²) >= 11 is 5.85. The number of benzene rings is 1. The van der Waals surface area contributed by atoms with Gasteiger partial charge < -0.3 is 0 Å². The summed E-state index contributed by atoms with van der Waals surface area (Å²) < 4.78 is 0. The number of hydrogen-bond donors (Lipinski definition) is 0. The predicted octanol–water partition coefficient (Wildman–Crippen LogP) is 8.78. The first-order valence-corrected chi connectivity index (χ1v) is 11.4. The molecule has 26 heavy (non-hydrogen) atoms. The van der Waals surface area contributed by atoms with Gasteiger partial charge in [-0.2, -0.15) is 0 Å². The number of rotatable bonds is 17. The highest BCUT2D eigenvalue weighted by Crippen LogP contribution is 2.15. The third kappa shape index (κ3) is 12.5. The summed E-state index contributed by atoms with van der Waals surface area (Å²) in [5, 5.41) is 0.688. The fourth-order valence-electron chi connectivity index (χ4n) is 3.44. The van der Waals surface area contributed by atoms with Crippen molar-refractivity contribution in [3.63, 3.8) is 0 Å². The van der Waals surface area contributed by atoms with Crippen LogP contribution in [0.4, 0.5) is 0 Å². The molecule has 0 spiro atoms. The van der Waals surface area contributed by atoms with Crippen molar-refractivity contribution in [3.05, 3.63) is 34.9 Å². The van der Waals surface area contributed by atoms with E-state index in [0.717, 1.165) is 12.0 Å². The summed E-state index contributed by atoms with van der Waals surface area (Å²) in [5.41, 5.74) is 0.791. The first-order chi connectivity index (χ1) is 12.7. The van der Waals surface area contributed by atoms with Crippen molar-refractivity contribution in [1.29, 1.82) is 0 Å². The zero-order valence-electron chi connectivity index (χ0n) is 16.9. The molecule has 148 valence electrons. The van der Waals surface area contributed by atoms with Gasteiger partial charge in [-0.25, -0.2) is 0 Å². The summed E-state index contributed by atoms with van der Waals surface area (Å²) in [6, 6.07) is 7.24. The Bertz CT molecular complexity index is 452. The highest BCUT2D eigenvalue weighted by molar-refractivity contribution is 6.30. The van der Waals surface area contributed by atoms with Gasteiger partial charge in [0.05, 0.1) is 0 Å². The first kappa shape index (κ1) is 23.2. The average Bonchev–Trinajstić information content (AvgIpc) is 2.65. The van der Waals surface area contributed by atoms with Crippen LogP contribution in [0.25, 0.3) is 0 Å². The molecule has 0 unspecified atom stereocenters. The lowest BCUT2D eigenvalue weighted by molar-refractivity contribution is 0.0979. The summed E-state index contributed by atoms with van der Waals surface area (Å²) in [6.45, 7) is 2.28. The first-order valence-electron chi connectivity index (χ1n) is 11.0. The van der Waals surface area contributed by atoms with Gasteiger partial charge in [0.25, 0.3) is 0 Å². The van der Waals surface area contributed by atoms with Crippen LogP contribution < -0.4 is 0 Å². The maximum atomic E-state index is 12.0. The maximum Gasteiger partial charge on any atom is 0.162 e. The predicted molar refractivity (Wildman–Crippen MR) is 115 cm³/mol. The van der Waals surface area contributed by atoms with Crippen molar-refractivity contribution in [1.82, 2.24) is 0 Å². The minimum Gasteiger partial charge on any atom is -0.294 e. The molecule has 0 saturated carbocycles. The Hall–Kier alpha value is -0.820. The number of Topliss-reactive ketones (excluding diaryl/α,β-unsaturated/α-hetero) is 1. The summed E-state index contributed by atoms with van der Waals surface area (Å²) in [7, 11) is 0. The molecule has 0 amide bonds. The van der Waals surface area contributed by atoms with Crippen LogP contribution in [0.5, 0.6) is 0 Å². The highest BCUT2D eigenvalue weighted by atomic mass is 35.5. The van der Waals surface area contributed by atoms with Gasteiger partial charge in [-0.05, 0) is 30.7 Å². The Labute approximate surface area is 166 Å². The molecule has 0 aliphatic carbocycles. The van der Waals surface area contributed by atoms with Crippen LogP contribution >= 0.6 is 11.6 Å². The fourth-order valence-corrected chi connectivity index (χ4v) is 3.56. The second-order valence-electron chi connectivity index (χ2n) is 7.63. The van der Waals surface area contributed by atoms with E-state index >= 15 is 0 Å². The minimum atomic E-state index is 0.247.